The van der Waals surface area contributed by atoms with Crippen LogP contribution in [0.25, 0.3) is 0 Å². The molecule has 1 aromatic carbocycles. The summed E-state index contributed by atoms with van der Waals surface area (Å²) in [4.78, 5) is 4.92. The molecule has 1 aromatic rings. The van der Waals surface area contributed by atoms with Crippen LogP contribution >= 0.6 is 0 Å². The largest absolute Gasteiger partial charge is 0.396 e. The van der Waals surface area contributed by atoms with Crippen LogP contribution in [-0.4, -0.2) is 85.2 Å². The molecule has 2 saturated heterocycles. The van der Waals surface area contributed by atoms with Crippen molar-refractivity contribution in [3.05, 3.63) is 35.9 Å². The summed E-state index contributed by atoms with van der Waals surface area (Å²) in [5.41, 5.74) is 1.24. The Balaban J connectivity index is 1.42. The van der Waals surface area contributed by atoms with Gasteiger partial charge in [0.1, 0.15) is 0 Å². The van der Waals surface area contributed by atoms with Crippen LogP contribution in [-0.2, 0) is 4.74 Å². The second kappa shape index (κ2) is 7.45. The zero-order valence-corrected chi connectivity index (χ0v) is 16.7. The number of hydrogen-bond acceptors (Lipinski definition) is 5. The molecule has 0 unspecified atom stereocenters. The second-order valence-corrected chi connectivity index (χ2v) is 9.53. The summed E-state index contributed by atoms with van der Waals surface area (Å²) in [5.74, 6) is 0.438. The quantitative estimate of drug-likeness (QED) is 0.789. The molecule has 4 atom stereocenters. The average Bonchev–Trinajstić information content (AvgIpc) is 3.19. The van der Waals surface area contributed by atoms with E-state index in [1.807, 2.05) is 6.07 Å². The number of rotatable bonds is 6. The standard InChI is InChI=1S/C22H34N2O3/c1-21(2,14-23-8-10-27-11-9-23)15-24-12-19(26)22(16-24)18(13-25)20(22)17-6-4-3-5-7-17/h3-7,18-20,25-26H,8-16H2,1-2H3/t18-,19+,20-,22-/m1/s1. The van der Waals surface area contributed by atoms with Gasteiger partial charge >= 0.3 is 0 Å². The first-order valence-electron chi connectivity index (χ1n) is 10.3. The van der Waals surface area contributed by atoms with Crippen LogP contribution < -0.4 is 0 Å². The fourth-order valence-corrected chi connectivity index (χ4v) is 5.80. The number of aliphatic hydroxyl groups is 2. The minimum atomic E-state index is -0.362. The van der Waals surface area contributed by atoms with Crippen molar-refractivity contribution in [2.45, 2.75) is 25.9 Å². The summed E-state index contributed by atoms with van der Waals surface area (Å²) in [7, 11) is 0. The summed E-state index contributed by atoms with van der Waals surface area (Å²) < 4.78 is 5.47. The lowest BCUT2D eigenvalue weighted by atomic mass is 9.91. The number of ether oxygens (including phenoxy) is 1. The highest BCUT2D eigenvalue weighted by Crippen LogP contribution is 2.68. The highest BCUT2D eigenvalue weighted by molar-refractivity contribution is 5.36. The lowest BCUT2D eigenvalue weighted by molar-refractivity contribution is 0.0157. The van der Waals surface area contributed by atoms with Crippen molar-refractivity contribution in [2.24, 2.45) is 16.7 Å². The van der Waals surface area contributed by atoms with Gasteiger partial charge in [0.05, 0.1) is 19.3 Å². The van der Waals surface area contributed by atoms with E-state index in [0.29, 0.717) is 6.54 Å². The third kappa shape index (κ3) is 3.68. The molecule has 1 saturated carbocycles. The monoisotopic (exact) mass is 374 g/mol. The van der Waals surface area contributed by atoms with Crippen molar-refractivity contribution in [2.75, 3.05) is 59.1 Å². The molecule has 4 rings (SSSR count). The predicted octanol–water partition coefficient (Wildman–Crippen LogP) is 1.41. The van der Waals surface area contributed by atoms with E-state index in [0.717, 1.165) is 45.9 Å². The molecule has 0 aromatic heterocycles. The second-order valence-electron chi connectivity index (χ2n) is 9.53. The molecule has 2 heterocycles. The van der Waals surface area contributed by atoms with Crippen molar-refractivity contribution in [1.82, 2.24) is 9.80 Å². The number of β-amino-alcohol motifs (C(OH)–C–C–N with tert-alkyl or cyclic N) is 1. The maximum atomic E-state index is 11.0. The summed E-state index contributed by atoms with van der Waals surface area (Å²) in [6, 6.07) is 10.4. The lowest BCUT2D eigenvalue weighted by Crippen LogP contribution is -2.46. The van der Waals surface area contributed by atoms with E-state index in [-0.39, 0.29) is 35.4 Å². The van der Waals surface area contributed by atoms with Gasteiger partial charge < -0.3 is 14.9 Å². The molecule has 0 radical (unpaired) electrons. The van der Waals surface area contributed by atoms with E-state index < -0.39 is 0 Å². The molecule has 3 fully saturated rings. The Bertz CT molecular complexity index is 632. The minimum Gasteiger partial charge on any atom is -0.396 e. The van der Waals surface area contributed by atoms with Crippen LogP contribution in [0.3, 0.4) is 0 Å². The molecule has 5 nitrogen and oxygen atoms in total. The topological polar surface area (TPSA) is 56.2 Å². The van der Waals surface area contributed by atoms with Crippen LogP contribution in [0.2, 0.25) is 0 Å². The molecule has 2 aliphatic heterocycles. The minimum absolute atomic E-state index is 0.154. The van der Waals surface area contributed by atoms with Crippen LogP contribution in [0.1, 0.15) is 25.3 Å². The molecule has 150 valence electrons. The van der Waals surface area contributed by atoms with Gasteiger partial charge in [-0.25, -0.2) is 0 Å². The Kier molecular flexibility index (Phi) is 5.34. The molecule has 1 spiro atoms. The van der Waals surface area contributed by atoms with Crippen LogP contribution in [0, 0.1) is 16.7 Å². The molecule has 3 aliphatic rings. The smallest absolute Gasteiger partial charge is 0.0745 e. The Morgan fingerprint density at radius 2 is 1.78 bits per heavy atom. The van der Waals surface area contributed by atoms with Crippen molar-refractivity contribution < 1.29 is 14.9 Å². The zero-order valence-electron chi connectivity index (χ0n) is 16.7. The first-order chi connectivity index (χ1) is 13.0. The van der Waals surface area contributed by atoms with Gasteiger partial charge in [-0.1, -0.05) is 44.2 Å². The number of morpholine rings is 1. The molecule has 0 bridgehead atoms. The van der Waals surface area contributed by atoms with Gasteiger partial charge in [-0.15, -0.1) is 0 Å². The fourth-order valence-electron chi connectivity index (χ4n) is 5.80. The van der Waals surface area contributed by atoms with Gasteiger partial charge in [0.2, 0.25) is 0 Å². The predicted molar refractivity (Wildman–Crippen MR) is 106 cm³/mol. The highest BCUT2D eigenvalue weighted by Gasteiger charge is 2.70. The van der Waals surface area contributed by atoms with E-state index in [9.17, 15) is 10.2 Å². The van der Waals surface area contributed by atoms with E-state index in [1.165, 1.54) is 5.56 Å². The molecule has 2 N–H and O–H groups in total. The maximum Gasteiger partial charge on any atom is 0.0745 e. The van der Waals surface area contributed by atoms with Gasteiger partial charge in [0, 0.05) is 51.3 Å². The summed E-state index contributed by atoms with van der Waals surface area (Å²) in [6.45, 7) is 12.1. The molecule has 0 amide bonds. The number of hydrogen-bond donors (Lipinski definition) is 2. The number of aliphatic hydroxyl groups excluding tert-OH is 2. The Morgan fingerprint density at radius 3 is 2.44 bits per heavy atom. The van der Waals surface area contributed by atoms with Crippen LogP contribution in [0.4, 0.5) is 0 Å². The lowest BCUT2D eigenvalue weighted by Gasteiger charge is -2.37. The van der Waals surface area contributed by atoms with Crippen molar-refractivity contribution in [3.8, 4) is 0 Å². The van der Waals surface area contributed by atoms with Crippen LogP contribution in [0.15, 0.2) is 30.3 Å². The first-order valence-corrected chi connectivity index (χ1v) is 10.3. The maximum absolute atomic E-state index is 11.0. The van der Waals surface area contributed by atoms with Crippen molar-refractivity contribution >= 4 is 0 Å². The van der Waals surface area contributed by atoms with Gasteiger partial charge in [-0.3, -0.25) is 9.80 Å². The Hall–Kier alpha value is -0.980. The van der Waals surface area contributed by atoms with Gasteiger partial charge in [-0.2, -0.15) is 0 Å². The van der Waals surface area contributed by atoms with Crippen molar-refractivity contribution in [1.29, 1.82) is 0 Å². The van der Waals surface area contributed by atoms with E-state index in [1.54, 1.807) is 0 Å². The van der Waals surface area contributed by atoms with Gasteiger partial charge in [0.25, 0.3) is 0 Å². The normalized spacial score (nSPS) is 35.0. The summed E-state index contributed by atoms with van der Waals surface area (Å²) in [6.07, 6.45) is -0.362. The molecule has 1 aliphatic carbocycles. The SMILES string of the molecule is CC(C)(CN1CCOCC1)CN1C[C@H](O)[C@@]2(C1)[C@H](CO)[C@H]2c1ccccc1. The molecular formula is C22H34N2O3. The number of benzene rings is 1. The number of likely N-dealkylation sites (tertiary alicyclic amines) is 1. The molecule has 5 heteroatoms. The third-order valence-corrected chi connectivity index (χ3v) is 6.87. The van der Waals surface area contributed by atoms with Crippen molar-refractivity contribution in [3.63, 3.8) is 0 Å². The van der Waals surface area contributed by atoms with E-state index >= 15 is 0 Å². The number of nitrogens with zero attached hydrogens (tertiary/aromatic N) is 2. The average molecular weight is 375 g/mol. The Morgan fingerprint density at radius 1 is 1.11 bits per heavy atom. The third-order valence-electron chi connectivity index (χ3n) is 6.87. The molecule has 27 heavy (non-hydrogen) atoms. The molecular weight excluding hydrogens is 340 g/mol. The van der Waals surface area contributed by atoms with E-state index in [2.05, 4.69) is 47.9 Å². The Labute approximate surface area is 162 Å². The van der Waals surface area contributed by atoms with E-state index in [4.69, 9.17) is 4.74 Å². The highest BCUT2D eigenvalue weighted by atomic mass is 16.5. The van der Waals surface area contributed by atoms with Crippen LogP contribution in [0.5, 0.6) is 0 Å². The summed E-state index contributed by atoms with van der Waals surface area (Å²) >= 11 is 0. The van der Waals surface area contributed by atoms with Gasteiger partial charge in [-0.05, 0) is 22.8 Å². The zero-order chi connectivity index (χ0) is 19.1. The fraction of sp³-hybridized carbons (Fsp3) is 0.727. The first kappa shape index (κ1) is 19.3. The van der Waals surface area contributed by atoms with Gasteiger partial charge in [0.15, 0.2) is 0 Å². The summed E-state index contributed by atoms with van der Waals surface area (Å²) in [5, 5.41) is 20.9.